The highest BCUT2D eigenvalue weighted by Crippen LogP contribution is 2.19. The third-order valence-electron chi connectivity index (χ3n) is 2.44. The van der Waals surface area contributed by atoms with Gasteiger partial charge in [0.15, 0.2) is 6.61 Å². The number of rotatable bonds is 6. The molecule has 7 heteroatoms. The number of ether oxygens (including phenoxy) is 1. The molecule has 0 atom stereocenters. The first-order valence-electron chi connectivity index (χ1n) is 6.09. The first-order valence-corrected chi connectivity index (χ1v) is 6.09. The number of nitrogens with one attached hydrogen (secondary N) is 2. The molecular weight excluding hydrogens is 276 g/mol. The number of carbonyl (C=O) groups is 3. The van der Waals surface area contributed by atoms with E-state index in [1.54, 1.807) is 6.92 Å². The summed E-state index contributed by atoms with van der Waals surface area (Å²) < 4.78 is 5.23. The maximum absolute atomic E-state index is 11.5. The van der Waals surface area contributed by atoms with Crippen LogP contribution < -0.4 is 15.4 Å². The minimum absolute atomic E-state index is 0.133. The molecule has 0 spiro atoms. The maximum atomic E-state index is 11.5. The average molecular weight is 292 g/mol. The van der Waals surface area contributed by atoms with Crippen LogP contribution in [0.2, 0.25) is 0 Å². The Morgan fingerprint density at radius 1 is 1.38 bits per heavy atom. The first kappa shape index (κ1) is 16.2. The van der Waals surface area contributed by atoms with E-state index in [1.807, 2.05) is 0 Å². The minimum Gasteiger partial charge on any atom is -0.483 e. The van der Waals surface area contributed by atoms with E-state index < -0.39 is 17.9 Å². The zero-order chi connectivity index (χ0) is 15.8. The largest absolute Gasteiger partial charge is 0.483 e. The van der Waals surface area contributed by atoms with Crippen molar-refractivity contribution in [3.8, 4) is 5.75 Å². The van der Waals surface area contributed by atoms with Crippen molar-refractivity contribution in [2.75, 3.05) is 13.2 Å². The number of aromatic carboxylic acids is 1. The van der Waals surface area contributed by atoms with Crippen LogP contribution in [0.4, 0.5) is 4.79 Å². The van der Waals surface area contributed by atoms with Crippen LogP contribution >= 0.6 is 0 Å². The fourth-order valence-electron chi connectivity index (χ4n) is 1.46. The molecule has 112 valence electrons. The van der Waals surface area contributed by atoms with E-state index >= 15 is 0 Å². The molecule has 0 aliphatic rings. The Labute approximate surface area is 121 Å². The Hall–Kier alpha value is -2.83. The molecule has 0 unspecified atom stereocenters. The molecule has 0 fully saturated rings. The molecule has 3 amide bonds. The number of imide groups is 1. The lowest BCUT2D eigenvalue weighted by Crippen LogP contribution is -2.41. The van der Waals surface area contributed by atoms with Crippen LogP contribution in [-0.4, -0.2) is 36.2 Å². The highest BCUT2D eigenvalue weighted by atomic mass is 16.5. The van der Waals surface area contributed by atoms with Crippen molar-refractivity contribution in [1.29, 1.82) is 0 Å². The van der Waals surface area contributed by atoms with Crippen molar-refractivity contribution in [3.63, 3.8) is 0 Å². The first-order chi connectivity index (χ1) is 9.93. The van der Waals surface area contributed by atoms with E-state index in [2.05, 4.69) is 17.2 Å². The van der Waals surface area contributed by atoms with Crippen LogP contribution in [-0.2, 0) is 4.79 Å². The lowest BCUT2D eigenvalue weighted by atomic mass is 10.1. The fraction of sp³-hybridized carbons (Fsp3) is 0.214. The van der Waals surface area contributed by atoms with Gasteiger partial charge in [-0.3, -0.25) is 10.1 Å². The Morgan fingerprint density at radius 3 is 2.67 bits per heavy atom. The van der Waals surface area contributed by atoms with Crippen LogP contribution in [0, 0.1) is 6.92 Å². The van der Waals surface area contributed by atoms with Gasteiger partial charge in [0.25, 0.3) is 5.91 Å². The summed E-state index contributed by atoms with van der Waals surface area (Å²) >= 11 is 0. The number of hydrogen-bond donors (Lipinski definition) is 3. The number of carbonyl (C=O) groups excluding carboxylic acids is 2. The average Bonchev–Trinajstić information content (AvgIpc) is 2.43. The molecule has 1 rings (SSSR count). The predicted molar refractivity (Wildman–Crippen MR) is 75.4 cm³/mol. The number of carboxylic acid groups (broad SMARTS) is 1. The maximum Gasteiger partial charge on any atom is 0.335 e. The number of hydrogen-bond acceptors (Lipinski definition) is 4. The number of carboxylic acids is 1. The summed E-state index contributed by atoms with van der Waals surface area (Å²) in [6, 6.07) is 3.64. The molecule has 0 bridgehead atoms. The summed E-state index contributed by atoms with van der Waals surface area (Å²) in [7, 11) is 0. The van der Waals surface area contributed by atoms with Gasteiger partial charge >= 0.3 is 12.0 Å². The van der Waals surface area contributed by atoms with Gasteiger partial charge in [-0.15, -0.1) is 6.58 Å². The third-order valence-corrected chi connectivity index (χ3v) is 2.44. The Morgan fingerprint density at radius 2 is 2.10 bits per heavy atom. The van der Waals surface area contributed by atoms with Crippen LogP contribution in [0.15, 0.2) is 30.9 Å². The highest BCUT2D eigenvalue weighted by molar-refractivity contribution is 5.95. The molecule has 1 aromatic rings. The van der Waals surface area contributed by atoms with Crippen molar-refractivity contribution in [2.45, 2.75) is 6.92 Å². The second kappa shape index (κ2) is 7.68. The molecular formula is C14H16N2O5. The van der Waals surface area contributed by atoms with E-state index in [0.29, 0.717) is 11.3 Å². The van der Waals surface area contributed by atoms with Gasteiger partial charge in [-0.1, -0.05) is 6.08 Å². The second-order valence-corrected chi connectivity index (χ2v) is 4.12. The summed E-state index contributed by atoms with van der Waals surface area (Å²) in [6.45, 7) is 4.98. The van der Waals surface area contributed by atoms with Gasteiger partial charge in [0.1, 0.15) is 5.75 Å². The third kappa shape index (κ3) is 5.35. The smallest absolute Gasteiger partial charge is 0.335 e. The standard InChI is InChI=1S/C14H16N2O5/c1-3-6-15-14(20)16-12(17)8-21-11-5-4-10(13(18)19)7-9(11)2/h3-5,7H,1,6,8H2,2H3,(H,18,19)(H2,15,16,17,20). The van der Waals surface area contributed by atoms with Crippen molar-refractivity contribution in [3.05, 3.63) is 42.0 Å². The van der Waals surface area contributed by atoms with Crippen molar-refractivity contribution in [2.24, 2.45) is 0 Å². The van der Waals surface area contributed by atoms with Crippen molar-refractivity contribution >= 4 is 17.9 Å². The molecule has 0 saturated carbocycles. The molecule has 0 saturated heterocycles. The summed E-state index contributed by atoms with van der Waals surface area (Å²) in [5.41, 5.74) is 0.715. The zero-order valence-corrected chi connectivity index (χ0v) is 11.5. The molecule has 1 aromatic carbocycles. The molecule has 0 aliphatic heterocycles. The van der Waals surface area contributed by atoms with Crippen LogP contribution in [0.25, 0.3) is 0 Å². The lowest BCUT2D eigenvalue weighted by Gasteiger charge is -2.09. The topological polar surface area (TPSA) is 105 Å². The Kier molecular flexibility index (Phi) is 5.94. The number of aryl methyl sites for hydroxylation is 1. The van der Waals surface area contributed by atoms with Gasteiger partial charge in [-0.25, -0.2) is 9.59 Å². The summed E-state index contributed by atoms with van der Waals surface area (Å²) in [6.07, 6.45) is 1.48. The Balaban J connectivity index is 2.51. The van der Waals surface area contributed by atoms with E-state index in [9.17, 15) is 14.4 Å². The normalized spacial score (nSPS) is 9.57. The lowest BCUT2D eigenvalue weighted by molar-refractivity contribution is -0.122. The molecule has 3 N–H and O–H groups in total. The molecule has 7 nitrogen and oxygen atoms in total. The number of amides is 3. The zero-order valence-electron chi connectivity index (χ0n) is 11.5. The SMILES string of the molecule is C=CCNC(=O)NC(=O)COc1ccc(C(=O)O)cc1C. The second-order valence-electron chi connectivity index (χ2n) is 4.12. The van der Waals surface area contributed by atoms with Crippen LogP contribution in [0.3, 0.4) is 0 Å². The molecule has 0 heterocycles. The van der Waals surface area contributed by atoms with Crippen LogP contribution in [0.1, 0.15) is 15.9 Å². The monoisotopic (exact) mass is 292 g/mol. The van der Waals surface area contributed by atoms with E-state index in [4.69, 9.17) is 9.84 Å². The Bertz CT molecular complexity index is 568. The number of benzene rings is 1. The van der Waals surface area contributed by atoms with Gasteiger partial charge in [-0.05, 0) is 30.7 Å². The number of urea groups is 1. The van der Waals surface area contributed by atoms with Crippen molar-refractivity contribution < 1.29 is 24.2 Å². The quantitative estimate of drug-likeness (QED) is 0.681. The molecule has 0 aromatic heterocycles. The van der Waals surface area contributed by atoms with E-state index in [-0.39, 0.29) is 18.7 Å². The van der Waals surface area contributed by atoms with Gasteiger partial charge in [0, 0.05) is 6.54 Å². The van der Waals surface area contributed by atoms with Gasteiger partial charge in [-0.2, -0.15) is 0 Å². The van der Waals surface area contributed by atoms with Gasteiger partial charge in [0.2, 0.25) is 0 Å². The molecule has 0 aliphatic carbocycles. The van der Waals surface area contributed by atoms with E-state index in [0.717, 1.165) is 0 Å². The minimum atomic E-state index is -1.04. The van der Waals surface area contributed by atoms with E-state index in [1.165, 1.54) is 24.3 Å². The summed E-state index contributed by atoms with van der Waals surface area (Å²) in [4.78, 5) is 33.4. The summed E-state index contributed by atoms with van der Waals surface area (Å²) in [5.74, 6) is -1.28. The van der Waals surface area contributed by atoms with Gasteiger partial charge in [0.05, 0.1) is 5.56 Å². The molecule has 21 heavy (non-hydrogen) atoms. The van der Waals surface area contributed by atoms with Crippen molar-refractivity contribution in [1.82, 2.24) is 10.6 Å². The van der Waals surface area contributed by atoms with Gasteiger partial charge < -0.3 is 15.2 Å². The van der Waals surface area contributed by atoms with Crippen LogP contribution in [0.5, 0.6) is 5.75 Å². The predicted octanol–water partition coefficient (Wildman–Crippen LogP) is 1.08. The highest BCUT2D eigenvalue weighted by Gasteiger charge is 2.10. The molecule has 0 radical (unpaired) electrons. The summed E-state index contributed by atoms with van der Waals surface area (Å²) in [5, 5.41) is 13.3. The fourth-order valence-corrected chi connectivity index (χ4v) is 1.46.